The number of fused-ring (bicyclic) bond motifs is 1. The predicted molar refractivity (Wildman–Crippen MR) is 151 cm³/mol. The third-order valence-electron chi connectivity index (χ3n) is 5.92. The summed E-state index contributed by atoms with van der Waals surface area (Å²) in [5.74, 6) is -2.77. The number of anilines is 3. The molecule has 1 saturated heterocycles. The van der Waals surface area contributed by atoms with Crippen molar-refractivity contribution in [3.63, 3.8) is 0 Å². The summed E-state index contributed by atoms with van der Waals surface area (Å²) < 4.78 is 1.50. The quantitative estimate of drug-likeness (QED) is 0.0448. The first-order valence-corrected chi connectivity index (χ1v) is 14.7. The minimum atomic E-state index is -1.28. The molecule has 0 aliphatic carbocycles. The number of aromatic nitrogens is 3. The zero-order chi connectivity index (χ0) is 30.0. The van der Waals surface area contributed by atoms with Crippen LogP contribution in [0.1, 0.15) is 19.0 Å². The van der Waals surface area contributed by atoms with Crippen LogP contribution in [0.4, 0.5) is 16.9 Å². The van der Waals surface area contributed by atoms with Crippen LogP contribution in [0.25, 0.3) is 0 Å². The van der Waals surface area contributed by atoms with Crippen LogP contribution >= 0.6 is 34.9 Å². The summed E-state index contributed by atoms with van der Waals surface area (Å²) in [4.78, 5) is 64.0. The molecule has 16 nitrogen and oxygen atoms in total. The zero-order valence-corrected chi connectivity index (χ0v) is 24.1. The Morgan fingerprint density at radius 2 is 2.05 bits per heavy atom. The molecule has 2 aliphatic heterocycles. The van der Waals surface area contributed by atoms with Crippen molar-refractivity contribution in [3.8, 4) is 0 Å². The van der Waals surface area contributed by atoms with E-state index in [-0.39, 0.29) is 46.1 Å². The molecule has 1 fully saturated rings. The molecule has 4 heterocycles. The van der Waals surface area contributed by atoms with Crippen LogP contribution < -0.4 is 27.1 Å². The van der Waals surface area contributed by atoms with Crippen LogP contribution in [0.2, 0.25) is 0 Å². The summed E-state index contributed by atoms with van der Waals surface area (Å²) >= 11 is 3.56. The van der Waals surface area contributed by atoms with Crippen molar-refractivity contribution < 1.29 is 38.8 Å². The van der Waals surface area contributed by atoms with Gasteiger partial charge in [0.25, 0.3) is 11.8 Å². The molecule has 2 aromatic heterocycles. The van der Waals surface area contributed by atoms with Gasteiger partial charge < -0.3 is 37.6 Å². The Hall–Kier alpha value is -4.10. The maximum Gasteiger partial charge on any atom is 0.352 e. The third-order valence-corrected chi connectivity index (χ3v) is 8.93. The van der Waals surface area contributed by atoms with Crippen LogP contribution in [0, 0.1) is 0 Å². The summed E-state index contributed by atoms with van der Waals surface area (Å²) in [6.07, 6.45) is -1.22. The standard InChI is InChI=1S/C22H25N9O7S3/c1-8(3-13(32)33)38-29-14(10-7-41-22(25)26-10)17(34)28-15-18(35)31-16(20(36)37)9(6-40-19(15)31)5-39-12-4-11(23)30(2)21(24)27-12/h4,7-8,15,19H,3,5-6H2,1-2H3,(H8,23,24,25,26,27,28,32,33,34,36,37)/p+1/b29-14-/t8-,15-,19-/m1/s1. The van der Waals surface area contributed by atoms with Crippen LogP contribution in [-0.2, 0) is 31.1 Å². The van der Waals surface area contributed by atoms with Crippen LogP contribution in [0.5, 0.6) is 0 Å². The van der Waals surface area contributed by atoms with Gasteiger partial charge in [0.15, 0.2) is 21.7 Å². The maximum atomic E-state index is 13.2. The number of carboxylic acids is 2. The molecule has 0 spiro atoms. The minimum absolute atomic E-state index is 0.0715. The lowest BCUT2D eigenvalue weighted by molar-refractivity contribution is -0.645. The number of hydrogen-bond donors (Lipinski definition) is 6. The number of nitrogens with zero attached hydrogens (tertiary/aromatic N) is 5. The van der Waals surface area contributed by atoms with Crippen LogP contribution in [0.15, 0.2) is 32.9 Å². The van der Waals surface area contributed by atoms with E-state index < -0.39 is 41.3 Å². The number of carbonyl (C=O) groups excluding carboxylic acids is 2. The van der Waals surface area contributed by atoms with Gasteiger partial charge in [-0.15, -0.1) is 28.1 Å². The van der Waals surface area contributed by atoms with E-state index in [2.05, 4.69) is 20.4 Å². The Morgan fingerprint density at radius 1 is 1.32 bits per heavy atom. The van der Waals surface area contributed by atoms with Gasteiger partial charge in [-0.25, -0.2) is 14.3 Å². The van der Waals surface area contributed by atoms with Crippen molar-refractivity contribution in [2.75, 3.05) is 28.7 Å². The molecule has 3 atom stereocenters. The number of thiazole rings is 1. The van der Waals surface area contributed by atoms with Gasteiger partial charge in [0.2, 0.25) is 0 Å². The first-order chi connectivity index (χ1) is 19.4. The van der Waals surface area contributed by atoms with Crippen molar-refractivity contribution in [3.05, 3.63) is 28.4 Å². The highest BCUT2D eigenvalue weighted by Gasteiger charge is 2.54. The number of nitrogens with one attached hydrogen (secondary N) is 1. The molecule has 41 heavy (non-hydrogen) atoms. The van der Waals surface area contributed by atoms with Crippen molar-refractivity contribution in [2.24, 2.45) is 12.2 Å². The molecule has 0 bridgehead atoms. The Balaban J connectivity index is 1.50. The molecule has 2 aromatic rings. The summed E-state index contributed by atoms with van der Waals surface area (Å²) in [6, 6.07) is 0.562. The van der Waals surface area contributed by atoms with Crippen molar-refractivity contribution >= 4 is 81.2 Å². The lowest BCUT2D eigenvalue weighted by atomic mass is 10.0. The fraction of sp³-hybridized carbons (Fsp3) is 0.364. The lowest BCUT2D eigenvalue weighted by Crippen LogP contribution is -2.71. The second kappa shape index (κ2) is 12.2. The maximum absolute atomic E-state index is 13.2. The smallest absolute Gasteiger partial charge is 0.352 e. The molecular formula is C22H26N9O7S3+. The second-order valence-electron chi connectivity index (χ2n) is 8.87. The number of thioether (sulfide) groups is 2. The van der Waals surface area contributed by atoms with E-state index in [1.54, 1.807) is 13.1 Å². The number of rotatable bonds is 11. The lowest BCUT2D eigenvalue weighted by Gasteiger charge is -2.49. The van der Waals surface area contributed by atoms with Gasteiger partial charge in [0.1, 0.15) is 28.9 Å². The molecule has 19 heteroatoms. The molecule has 2 aliphatic rings. The largest absolute Gasteiger partial charge is 0.481 e. The van der Waals surface area contributed by atoms with Crippen molar-refractivity contribution in [2.45, 2.75) is 35.9 Å². The average Bonchev–Trinajstić information content (AvgIpc) is 3.33. The fourth-order valence-corrected chi connectivity index (χ4v) is 6.79. The van der Waals surface area contributed by atoms with E-state index in [1.807, 2.05) is 0 Å². The first-order valence-electron chi connectivity index (χ1n) is 11.8. The second-order valence-corrected chi connectivity index (χ2v) is 11.9. The van der Waals surface area contributed by atoms with E-state index in [9.17, 15) is 24.3 Å². The molecule has 0 radical (unpaired) electrons. The molecule has 2 amide bonds. The summed E-state index contributed by atoms with van der Waals surface area (Å²) in [7, 11) is 1.66. The number of nitrogens with two attached hydrogens (primary N) is 3. The summed E-state index contributed by atoms with van der Waals surface area (Å²) in [5.41, 5.74) is 17.6. The fourth-order valence-electron chi connectivity index (χ4n) is 3.84. The first kappa shape index (κ1) is 29.9. The molecule has 0 aromatic carbocycles. The average molecular weight is 625 g/mol. The van der Waals surface area contributed by atoms with Crippen LogP contribution in [-0.4, -0.2) is 83.6 Å². The number of nitrogen functional groups attached to an aromatic ring is 3. The van der Waals surface area contributed by atoms with Gasteiger partial charge in [-0.1, -0.05) is 16.9 Å². The van der Waals surface area contributed by atoms with Crippen LogP contribution in [0.3, 0.4) is 0 Å². The van der Waals surface area contributed by atoms with Gasteiger partial charge in [0.05, 0.1) is 13.5 Å². The third kappa shape index (κ3) is 6.46. The van der Waals surface area contributed by atoms with E-state index in [0.717, 1.165) is 16.2 Å². The number of amides is 2. The topological polar surface area (TPSA) is 253 Å². The molecular weight excluding hydrogens is 598 g/mol. The number of hydrogen-bond acceptors (Lipinski definition) is 14. The SMILES string of the molecule is C[C@H](CC(=O)O)O/N=C(\C(=O)N[C@@H]1C(=O)N2C(C(=O)O)=C(CSc3cc(N)[n+](C)c(N)n3)CS[C@H]12)c1csc(N)n1. The number of carboxylic acid groups (broad SMARTS) is 2. The van der Waals surface area contributed by atoms with E-state index >= 15 is 0 Å². The number of β-lactam (4-membered cyclic amide) rings is 1. The Bertz CT molecular complexity index is 1460. The van der Waals surface area contributed by atoms with Gasteiger partial charge in [0, 0.05) is 23.0 Å². The van der Waals surface area contributed by atoms with Gasteiger partial charge in [-0.05, 0) is 12.5 Å². The van der Waals surface area contributed by atoms with E-state index in [1.165, 1.54) is 40.4 Å². The molecule has 0 unspecified atom stereocenters. The Kier molecular flexibility index (Phi) is 8.88. The molecule has 218 valence electrons. The Labute approximate surface area is 245 Å². The minimum Gasteiger partial charge on any atom is -0.481 e. The number of carbonyl (C=O) groups is 4. The highest BCUT2D eigenvalue weighted by molar-refractivity contribution is 8.01. The predicted octanol–water partition coefficient (Wildman–Crippen LogP) is -0.776. The molecule has 0 saturated carbocycles. The summed E-state index contributed by atoms with van der Waals surface area (Å²) in [5, 5.41) is 26.7. The van der Waals surface area contributed by atoms with Crippen molar-refractivity contribution in [1.82, 2.24) is 20.2 Å². The van der Waals surface area contributed by atoms with E-state index in [0.29, 0.717) is 16.4 Å². The highest BCUT2D eigenvalue weighted by Crippen LogP contribution is 2.41. The zero-order valence-electron chi connectivity index (χ0n) is 21.6. The van der Waals surface area contributed by atoms with Gasteiger partial charge in [-0.3, -0.25) is 19.3 Å². The highest BCUT2D eigenvalue weighted by atomic mass is 32.2. The van der Waals surface area contributed by atoms with Gasteiger partial charge >= 0.3 is 17.9 Å². The molecule has 4 rings (SSSR count). The normalized spacial score (nSPS) is 19.3. The molecule has 9 N–H and O–H groups in total. The monoisotopic (exact) mass is 624 g/mol. The number of oxime groups is 1. The van der Waals surface area contributed by atoms with E-state index in [4.69, 9.17) is 27.1 Å². The number of aliphatic carboxylic acids is 2. The summed E-state index contributed by atoms with van der Waals surface area (Å²) in [6.45, 7) is 1.46. The van der Waals surface area contributed by atoms with Gasteiger partial charge in [-0.2, -0.15) is 0 Å². The Morgan fingerprint density at radius 3 is 2.66 bits per heavy atom. The van der Waals surface area contributed by atoms with Crippen molar-refractivity contribution in [1.29, 1.82) is 0 Å².